The zero-order valence-electron chi connectivity index (χ0n) is 11.9. The molecule has 0 amide bonds. The molecule has 0 aromatic rings. The number of rotatable bonds is 10. The third-order valence-electron chi connectivity index (χ3n) is 2.97. The van der Waals surface area contributed by atoms with Crippen molar-refractivity contribution >= 4 is 0 Å². The van der Waals surface area contributed by atoms with Crippen molar-refractivity contribution in [2.24, 2.45) is 5.92 Å². The van der Waals surface area contributed by atoms with E-state index in [9.17, 15) is 4.39 Å². The Morgan fingerprint density at radius 3 is 2.56 bits per heavy atom. The molecule has 3 heteroatoms. The summed E-state index contributed by atoms with van der Waals surface area (Å²) >= 11 is 0. The number of halogens is 1. The monoisotopic (exact) mass is 254 g/mol. The van der Waals surface area contributed by atoms with Crippen molar-refractivity contribution in [3.63, 3.8) is 0 Å². The van der Waals surface area contributed by atoms with E-state index in [1.165, 1.54) is 30.9 Å². The Kier molecular flexibility index (Phi) is 10.6. The maximum absolute atomic E-state index is 12.6. The topological polar surface area (TPSA) is 24.1 Å². The van der Waals surface area contributed by atoms with Crippen LogP contribution < -0.4 is 10.9 Å². The smallest absolute Gasteiger partial charge is 0.116 e. The first-order valence-corrected chi connectivity index (χ1v) is 6.70. The van der Waals surface area contributed by atoms with Gasteiger partial charge in [0.1, 0.15) is 5.83 Å². The SMILES string of the molecule is C=C(F)/C=C\C(=C/C)C(C)CCCCCNNC. The standard InChI is InChI=1S/C15H27FN2/c1-5-15(11-10-14(3)16)13(2)9-7-6-8-12-18-17-4/h5,10-11,13,17-18H,3,6-9,12H2,1-2,4H3/b11-10-,15-5+. The van der Waals surface area contributed by atoms with Gasteiger partial charge in [-0.2, -0.15) is 0 Å². The largest absolute Gasteiger partial charge is 0.261 e. The molecule has 1 atom stereocenters. The molecule has 0 radical (unpaired) electrons. The Balaban J connectivity index is 3.85. The fourth-order valence-electron chi connectivity index (χ4n) is 1.86. The number of hydrogen-bond acceptors (Lipinski definition) is 2. The molecule has 0 aliphatic heterocycles. The third-order valence-corrected chi connectivity index (χ3v) is 2.97. The lowest BCUT2D eigenvalue weighted by Crippen LogP contribution is -2.28. The molecule has 0 fully saturated rings. The summed E-state index contributed by atoms with van der Waals surface area (Å²) in [6, 6.07) is 0. The zero-order valence-corrected chi connectivity index (χ0v) is 11.9. The van der Waals surface area contributed by atoms with E-state index in [2.05, 4.69) is 24.4 Å². The van der Waals surface area contributed by atoms with Crippen molar-refractivity contribution in [3.05, 3.63) is 36.2 Å². The predicted molar refractivity (Wildman–Crippen MR) is 77.8 cm³/mol. The summed E-state index contributed by atoms with van der Waals surface area (Å²) in [5.74, 6) is 0.0857. The lowest BCUT2D eigenvalue weighted by Gasteiger charge is -2.12. The average Bonchev–Trinajstić information content (AvgIpc) is 2.34. The Hall–Kier alpha value is -0.930. The lowest BCUT2D eigenvalue weighted by atomic mass is 9.94. The number of allylic oxidation sites excluding steroid dienone is 5. The quantitative estimate of drug-likeness (QED) is 0.351. The second-order valence-corrected chi connectivity index (χ2v) is 4.50. The molecular formula is C15H27FN2. The van der Waals surface area contributed by atoms with Gasteiger partial charge in [0.25, 0.3) is 0 Å². The normalized spacial score (nSPS) is 14.1. The highest BCUT2D eigenvalue weighted by Crippen LogP contribution is 2.19. The highest BCUT2D eigenvalue weighted by atomic mass is 19.1. The summed E-state index contributed by atoms with van der Waals surface area (Å²) in [5, 5.41) is 0. The van der Waals surface area contributed by atoms with E-state index in [1.807, 2.05) is 26.1 Å². The third kappa shape index (κ3) is 9.14. The molecule has 0 aliphatic rings. The van der Waals surface area contributed by atoms with E-state index in [0.29, 0.717) is 5.92 Å². The summed E-state index contributed by atoms with van der Waals surface area (Å²) in [7, 11) is 1.88. The van der Waals surface area contributed by atoms with Crippen molar-refractivity contribution in [3.8, 4) is 0 Å². The van der Waals surface area contributed by atoms with Gasteiger partial charge in [-0.05, 0) is 44.4 Å². The highest BCUT2D eigenvalue weighted by Gasteiger charge is 2.05. The first kappa shape index (κ1) is 17.1. The molecule has 2 nitrogen and oxygen atoms in total. The van der Waals surface area contributed by atoms with Gasteiger partial charge in [-0.25, -0.2) is 4.39 Å². The van der Waals surface area contributed by atoms with E-state index in [0.717, 1.165) is 13.0 Å². The van der Waals surface area contributed by atoms with Gasteiger partial charge in [-0.1, -0.05) is 38.5 Å². The van der Waals surface area contributed by atoms with Gasteiger partial charge in [0, 0.05) is 6.54 Å². The molecule has 0 saturated heterocycles. The van der Waals surface area contributed by atoms with Gasteiger partial charge in [0.15, 0.2) is 0 Å². The molecule has 1 unspecified atom stereocenters. The van der Waals surface area contributed by atoms with E-state index in [1.54, 1.807) is 0 Å². The van der Waals surface area contributed by atoms with Crippen LogP contribution in [0.5, 0.6) is 0 Å². The number of hydrogen-bond donors (Lipinski definition) is 2. The van der Waals surface area contributed by atoms with E-state index in [-0.39, 0.29) is 5.83 Å². The van der Waals surface area contributed by atoms with Crippen LogP contribution in [0.2, 0.25) is 0 Å². The molecule has 0 spiro atoms. The highest BCUT2D eigenvalue weighted by molar-refractivity contribution is 5.24. The van der Waals surface area contributed by atoms with E-state index >= 15 is 0 Å². The number of unbranched alkanes of at least 4 members (excludes halogenated alkanes) is 2. The van der Waals surface area contributed by atoms with Crippen LogP contribution in [-0.2, 0) is 0 Å². The van der Waals surface area contributed by atoms with Crippen LogP contribution in [0.3, 0.4) is 0 Å². The summed E-state index contributed by atoms with van der Waals surface area (Å²) in [6.45, 7) is 8.42. The van der Waals surface area contributed by atoms with Crippen molar-refractivity contribution in [2.45, 2.75) is 39.5 Å². The van der Waals surface area contributed by atoms with E-state index in [4.69, 9.17) is 0 Å². The van der Waals surface area contributed by atoms with E-state index < -0.39 is 0 Å². The summed E-state index contributed by atoms with van der Waals surface area (Å²) < 4.78 is 12.6. The minimum Gasteiger partial charge on any atom is -0.261 e. The van der Waals surface area contributed by atoms with Crippen LogP contribution in [0.15, 0.2) is 36.2 Å². The Morgan fingerprint density at radius 2 is 2.00 bits per heavy atom. The van der Waals surface area contributed by atoms with Crippen LogP contribution in [0, 0.1) is 5.92 Å². The van der Waals surface area contributed by atoms with Gasteiger partial charge < -0.3 is 0 Å². The van der Waals surface area contributed by atoms with Crippen LogP contribution in [-0.4, -0.2) is 13.6 Å². The van der Waals surface area contributed by atoms with Gasteiger partial charge in [0.2, 0.25) is 0 Å². The zero-order chi connectivity index (χ0) is 13.8. The van der Waals surface area contributed by atoms with Crippen LogP contribution in [0.4, 0.5) is 4.39 Å². The van der Waals surface area contributed by atoms with Gasteiger partial charge >= 0.3 is 0 Å². The molecule has 0 saturated carbocycles. The predicted octanol–water partition coefficient (Wildman–Crippen LogP) is 3.89. The fourth-order valence-corrected chi connectivity index (χ4v) is 1.86. The summed E-state index contributed by atoms with van der Waals surface area (Å²) in [4.78, 5) is 0. The lowest BCUT2D eigenvalue weighted by molar-refractivity contribution is 0.515. The van der Waals surface area contributed by atoms with Gasteiger partial charge in [0.05, 0.1) is 0 Å². The van der Waals surface area contributed by atoms with Crippen molar-refractivity contribution in [1.29, 1.82) is 0 Å². The molecular weight excluding hydrogens is 227 g/mol. The first-order valence-electron chi connectivity index (χ1n) is 6.70. The fraction of sp³-hybridized carbons (Fsp3) is 0.600. The van der Waals surface area contributed by atoms with Crippen molar-refractivity contribution in [1.82, 2.24) is 10.9 Å². The molecule has 0 aliphatic carbocycles. The average molecular weight is 254 g/mol. The Morgan fingerprint density at radius 1 is 1.28 bits per heavy atom. The molecule has 0 bridgehead atoms. The number of nitrogens with one attached hydrogen (secondary N) is 2. The van der Waals surface area contributed by atoms with Gasteiger partial charge in [-0.3, -0.25) is 10.9 Å². The molecule has 2 N–H and O–H groups in total. The minimum atomic E-state index is -0.389. The first-order chi connectivity index (χ1) is 8.61. The molecule has 0 aromatic heterocycles. The molecule has 18 heavy (non-hydrogen) atoms. The molecule has 0 heterocycles. The molecule has 104 valence electrons. The van der Waals surface area contributed by atoms with Crippen molar-refractivity contribution < 1.29 is 4.39 Å². The Labute approximate surface area is 111 Å². The maximum atomic E-state index is 12.6. The second kappa shape index (κ2) is 11.2. The second-order valence-electron chi connectivity index (χ2n) is 4.50. The summed E-state index contributed by atoms with van der Waals surface area (Å²) in [6.07, 6.45) is 10.0. The van der Waals surface area contributed by atoms with Gasteiger partial charge in [-0.15, -0.1) is 0 Å². The molecule has 0 aromatic carbocycles. The number of hydrazine groups is 1. The minimum absolute atomic E-state index is 0.389. The molecule has 0 rings (SSSR count). The van der Waals surface area contributed by atoms with Crippen LogP contribution in [0.25, 0.3) is 0 Å². The van der Waals surface area contributed by atoms with Crippen molar-refractivity contribution in [2.75, 3.05) is 13.6 Å². The Bertz CT molecular complexity index is 282. The maximum Gasteiger partial charge on any atom is 0.116 e. The van der Waals surface area contributed by atoms with Crippen LogP contribution in [0.1, 0.15) is 39.5 Å². The van der Waals surface area contributed by atoms with Crippen LogP contribution >= 0.6 is 0 Å². The summed E-state index contributed by atoms with van der Waals surface area (Å²) in [5.41, 5.74) is 7.17.